The second-order valence-electron chi connectivity index (χ2n) is 6.82. The highest BCUT2D eigenvalue weighted by molar-refractivity contribution is 6.06. The summed E-state index contributed by atoms with van der Waals surface area (Å²) in [5.41, 5.74) is 7.45. The lowest BCUT2D eigenvalue weighted by Crippen LogP contribution is -2.53. The first-order valence-electron chi connectivity index (χ1n) is 8.16. The third-order valence-corrected chi connectivity index (χ3v) is 5.90. The number of hydrogen-bond acceptors (Lipinski definition) is 2. The predicted octanol–water partition coefficient (Wildman–Crippen LogP) is 3.55. The second kappa shape index (κ2) is 4.34. The number of fused-ring (bicyclic) bond motifs is 2. The highest BCUT2D eigenvalue weighted by Crippen LogP contribution is 2.40. The summed E-state index contributed by atoms with van der Waals surface area (Å²) in [7, 11) is 0. The molecule has 2 heteroatoms. The monoisotopic (exact) mass is 268 g/mol. The van der Waals surface area contributed by atoms with Crippen molar-refractivity contribution in [3.8, 4) is 0 Å². The topological polar surface area (TPSA) is 15.6 Å². The molecule has 4 aliphatic rings. The van der Waals surface area contributed by atoms with Gasteiger partial charge >= 0.3 is 0 Å². The van der Waals surface area contributed by atoms with Crippen LogP contribution in [0.25, 0.3) is 0 Å². The van der Waals surface area contributed by atoms with Crippen molar-refractivity contribution < 1.29 is 0 Å². The average molecular weight is 268 g/mol. The van der Waals surface area contributed by atoms with Gasteiger partial charge in [-0.1, -0.05) is 19.1 Å². The molecule has 5 rings (SSSR count). The SMILES string of the molecule is CCc1ccc2c(c1C)CC1CCC3CN(N=C21)C3C. The van der Waals surface area contributed by atoms with Gasteiger partial charge in [-0.2, -0.15) is 5.10 Å². The molecule has 20 heavy (non-hydrogen) atoms. The molecule has 1 saturated heterocycles. The molecule has 0 amide bonds. The van der Waals surface area contributed by atoms with Crippen molar-refractivity contribution in [2.75, 3.05) is 6.54 Å². The van der Waals surface area contributed by atoms with Crippen LogP contribution in [0.1, 0.15) is 48.9 Å². The lowest BCUT2D eigenvalue weighted by Gasteiger charge is -2.47. The minimum atomic E-state index is 0.656. The Morgan fingerprint density at radius 3 is 2.90 bits per heavy atom. The number of benzene rings is 1. The third-order valence-electron chi connectivity index (χ3n) is 5.90. The number of hydrogen-bond donors (Lipinski definition) is 0. The molecule has 106 valence electrons. The van der Waals surface area contributed by atoms with Crippen molar-refractivity contribution in [2.45, 2.75) is 52.5 Å². The van der Waals surface area contributed by atoms with Crippen molar-refractivity contribution in [3.63, 3.8) is 0 Å². The van der Waals surface area contributed by atoms with Crippen LogP contribution in [0.15, 0.2) is 17.2 Å². The molecule has 0 N–H and O–H groups in total. The fourth-order valence-electron chi connectivity index (χ4n) is 4.31. The lowest BCUT2D eigenvalue weighted by atomic mass is 9.83. The first-order valence-corrected chi connectivity index (χ1v) is 8.16. The average Bonchev–Trinajstić information content (AvgIpc) is 2.76. The fourth-order valence-corrected chi connectivity index (χ4v) is 4.31. The van der Waals surface area contributed by atoms with Gasteiger partial charge in [-0.15, -0.1) is 0 Å². The van der Waals surface area contributed by atoms with Crippen LogP contribution in [0, 0.1) is 18.8 Å². The van der Waals surface area contributed by atoms with Crippen LogP contribution < -0.4 is 0 Å². The largest absolute Gasteiger partial charge is 0.293 e. The summed E-state index contributed by atoms with van der Waals surface area (Å²) >= 11 is 0. The summed E-state index contributed by atoms with van der Waals surface area (Å²) in [6.45, 7) is 8.07. The maximum Gasteiger partial charge on any atom is 0.0714 e. The summed E-state index contributed by atoms with van der Waals surface area (Å²) in [6.07, 6.45) is 5.08. The zero-order valence-electron chi connectivity index (χ0n) is 12.8. The Kier molecular flexibility index (Phi) is 2.70. The number of aryl methyl sites for hydroxylation is 1. The Morgan fingerprint density at radius 1 is 1.30 bits per heavy atom. The Bertz CT molecular complexity index is 587. The second-order valence-corrected chi connectivity index (χ2v) is 6.82. The molecule has 0 radical (unpaired) electrons. The van der Waals surface area contributed by atoms with Gasteiger partial charge in [0, 0.05) is 24.1 Å². The van der Waals surface area contributed by atoms with E-state index in [1.54, 1.807) is 5.56 Å². The minimum Gasteiger partial charge on any atom is -0.293 e. The van der Waals surface area contributed by atoms with Crippen molar-refractivity contribution in [1.29, 1.82) is 0 Å². The van der Waals surface area contributed by atoms with Gasteiger partial charge in [0.2, 0.25) is 0 Å². The highest BCUT2D eigenvalue weighted by Gasteiger charge is 2.40. The molecule has 2 nitrogen and oxygen atoms in total. The molecular weight excluding hydrogens is 244 g/mol. The number of hydrazone groups is 1. The Morgan fingerprint density at radius 2 is 2.15 bits per heavy atom. The highest BCUT2D eigenvalue weighted by atomic mass is 15.5. The first kappa shape index (κ1) is 12.4. The van der Waals surface area contributed by atoms with Crippen LogP contribution in [0.4, 0.5) is 0 Å². The van der Waals surface area contributed by atoms with Crippen LogP contribution in [0.2, 0.25) is 0 Å². The maximum atomic E-state index is 5.03. The summed E-state index contributed by atoms with van der Waals surface area (Å²) in [4.78, 5) is 0. The van der Waals surface area contributed by atoms with Crippen molar-refractivity contribution >= 4 is 5.71 Å². The Labute approximate surface area is 121 Å². The molecule has 1 aliphatic carbocycles. The lowest BCUT2D eigenvalue weighted by molar-refractivity contribution is 0.0177. The van der Waals surface area contributed by atoms with E-state index in [9.17, 15) is 0 Å². The molecule has 1 fully saturated rings. The fraction of sp³-hybridized carbons (Fsp3) is 0.611. The predicted molar refractivity (Wildman–Crippen MR) is 83.2 cm³/mol. The van der Waals surface area contributed by atoms with Crippen molar-refractivity contribution in [1.82, 2.24) is 5.01 Å². The molecule has 2 bridgehead atoms. The number of rotatable bonds is 1. The van der Waals surface area contributed by atoms with E-state index >= 15 is 0 Å². The van der Waals surface area contributed by atoms with Crippen LogP contribution in [-0.4, -0.2) is 23.3 Å². The molecule has 0 saturated carbocycles. The summed E-state index contributed by atoms with van der Waals surface area (Å²) < 4.78 is 0. The molecule has 1 aromatic rings. The molecule has 3 aliphatic heterocycles. The number of nitrogens with zero attached hydrogens (tertiary/aromatic N) is 2. The van der Waals surface area contributed by atoms with E-state index in [0.29, 0.717) is 12.0 Å². The van der Waals surface area contributed by atoms with Crippen LogP contribution in [-0.2, 0) is 12.8 Å². The van der Waals surface area contributed by atoms with Gasteiger partial charge in [-0.05, 0) is 62.1 Å². The molecule has 3 heterocycles. The zero-order chi connectivity index (χ0) is 13.9. The van der Waals surface area contributed by atoms with Crippen LogP contribution in [0.5, 0.6) is 0 Å². The van der Waals surface area contributed by atoms with Gasteiger partial charge in [0.05, 0.1) is 5.71 Å². The van der Waals surface area contributed by atoms with E-state index in [2.05, 4.69) is 37.9 Å². The third kappa shape index (κ3) is 1.60. The normalized spacial score (nSPS) is 30.9. The standard InChI is InChI=1S/C18H24N2/c1-4-13-7-8-16-17(11(13)2)9-14-5-6-15-10-20(12(15)3)19-18(14)16/h7-8,12,14-15H,4-6,9-10H2,1-3H3. The van der Waals surface area contributed by atoms with Gasteiger partial charge in [-0.25, -0.2) is 0 Å². The van der Waals surface area contributed by atoms with Crippen molar-refractivity contribution in [3.05, 3.63) is 34.4 Å². The van der Waals surface area contributed by atoms with Gasteiger partial charge < -0.3 is 0 Å². The quantitative estimate of drug-likeness (QED) is 0.760. The summed E-state index contributed by atoms with van der Waals surface area (Å²) in [5.74, 6) is 1.56. The Balaban J connectivity index is 1.79. The van der Waals surface area contributed by atoms with E-state index in [-0.39, 0.29) is 0 Å². The zero-order valence-corrected chi connectivity index (χ0v) is 12.8. The van der Waals surface area contributed by atoms with E-state index in [1.807, 2.05) is 0 Å². The molecule has 1 aromatic carbocycles. The van der Waals surface area contributed by atoms with Gasteiger partial charge in [0.1, 0.15) is 0 Å². The van der Waals surface area contributed by atoms with Crippen LogP contribution >= 0.6 is 0 Å². The molecule has 3 atom stereocenters. The van der Waals surface area contributed by atoms with E-state index in [4.69, 9.17) is 5.10 Å². The first-order chi connectivity index (χ1) is 9.69. The minimum absolute atomic E-state index is 0.656. The van der Waals surface area contributed by atoms with Gasteiger partial charge in [-0.3, -0.25) is 5.01 Å². The summed E-state index contributed by atoms with van der Waals surface area (Å²) in [5, 5.41) is 7.36. The van der Waals surface area contributed by atoms with Crippen molar-refractivity contribution in [2.24, 2.45) is 16.9 Å². The van der Waals surface area contributed by atoms with E-state index < -0.39 is 0 Å². The molecular formula is C18H24N2. The van der Waals surface area contributed by atoms with Crippen LogP contribution in [0.3, 0.4) is 0 Å². The van der Waals surface area contributed by atoms with Gasteiger partial charge in [0.15, 0.2) is 0 Å². The molecule has 0 spiro atoms. The van der Waals surface area contributed by atoms with Gasteiger partial charge in [0.25, 0.3) is 0 Å². The summed E-state index contributed by atoms with van der Waals surface area (Å²) in [6, 6.07) is 5.31. The maximum absolute atomic E-state index is 5.03. The van der Waals surface area contributed by atoms with E-state index in [0.717, 1.165) is 12.3 Å². The molecule has 0 aromatic heterocycles. The molecule has 3 unspecified atom stereocenters. The Hall–Kier alpha value is -1.31. The smallest absolute Gasteiger partial charge is 0.0714 e. The van der Waals surface area contributed by atoms with E-state index in [1.165, 1.54) is 48.2 Å².